The topological polar surface area (TPSA) is 38.5 Å². The van der Waals surface area contributed by atoms with Gasteiger partial charge in [0.2, 0.25) is 0 Å². The minimum atomic E-state index is 0.105. The van der Waals surface area contributed by atoms with E-state index in [0.29, 0.717) is 12.0 Å². The van der Waals surface area contributed by atoms with Crippen LogP contribution in [-0.4, -0.2) is 42.8 Å². The van der Waals surface area contributed by atoms with Gasteiger partial charge >= 0.3 is 0 Å². The SMILES string of the molecule is CC1(C)CCC(CN2CCCC(CN)C2)O1. The van der Waals surface area contributed by atoms with Crippen molar-refractivity contribution in [1.29, 1.82) is 0 Å². The number of piperidine rings is 1. The highest BCUT2D eigenvalue weighted by molar-refractivity contribution is 4.84. The lowest BCUT2D eigenvalue weighted by Crippen LogP contribution is -2.42. The maximum atomic E-state index is 6.05. The van der Waals surface area contributed by atoms with Crippen molar-refractivity contribution >= 4 is 0 Å². The third kappa shape index (κ3) is 3.19. The number of nitrogens with two attached hydrogens (primary N) is 1. The molecule has 0 radical (unpaired) electrons. The normalized spacial score (nSPS) is 35.4. The number of ether oxygens (including phenoxy) is 1. The van der Waals surface area contributed by atoms with Crippen LogP contribution in [0, 0.1) is 5.92 Å². The fourth-order valence-electron chi connectivity index (χ4n) is 3.00. The van der Waals surface area contributed by atoms with Crippen molar-refractivity contribution in [3.8, 4) is 0 Å². The van der Waals surface area contributed by atoms with E-state index in [-0.39, 0.29) is 5.60 Å². The largest absolute Gasteiger partial charge is 0.371 e. The van der Waals surface area contributed by atoms with Gasteiger partial charge in [0.1, 0.15) is 0 Å². The van der Waals surface area contributed by atoms with Crippen molar-refractivity contribution in [1.82, 2.24) is 4.90 Å². The van der Waals surface area contributed by atoms with Gasteiger partial charge in [0.25, 0.3) is 0 Å². The molecule has 2 atom stereocenters. The van der Waals surface area contributed by atoms with E-state index in [1.54, 1.807) is 0 Å². The third-order valence-electron chi connectivity index (χ3n) is 3.95. The molecule has 2 unspecified atom stereocenters. The quantitative estimate of drug-likeness (QED) is 0.794. The van der Waals surface area contributed by atoms with E-state index in [2.05, 4.69) is 18.7 Å². The molecule has 2 saturated heterocycles. The molecule has 0 spiro atoms. The Morgan fingerprint density at radius 3 is 2.81 bits per heavy atom. The summed E-state index contributed by atoms with van der Waals surface area (Å²) in [4.78, 5) is 2.55. The van der Waals surface area contributed by atoms with E-state index in [4.69, 9.17) is 10.5 Å². The van der Waals surface area contributed by atoms with Gasteiger partial charge < -0.3 is 15.4 Å². The number of nitrogens with zero attached hydrogens (tertiary/aromatic N) is 1. The monoisotopic (exact) mass is 226 g/mol. The second-order valence-electron chi connectivity index (χ2n) is 6.04. The van der Waals surface area contributed by atoms with E-state index in [9.17, 15) is 0 Å². The van der Waals surface area contributed by atoms with E-state index in [1.807, 2.05) is 0 Å². The number of hydrogen-bond acceptors (Lipinski definition) is 3. The van der Waals surface area contributed by atoms with Gasteiger partial charge in [0, 0.05) is 13.1 Å². The molecule has 0 aliphatic carbocycles. The van der Waals surface area contributed by atoms with E-state index < -0.39 is 0 Å². The lowest BCUT2D eigenvalue weighted by atomic mass is 9.98. The van der Waals surface area contributed by atoms with Gasteiger partial charge in [-0.05, 0) is 58.5 Å². The summed E-state index contributed by atoms with van der Waals surface area (Å²) >= 11 is 0. The molecule has 16 heavy (non-hydrogen) atoms. The van der Waals surface area contributed by atoms with Gasteiger partial charge in [0.15, 0.2) is 0 Å². The zero-order valence-electron chi connectivity index (χ0n) is 10.7. The van der Waals surface area contributed by atoms with Crippen LogP contribution in [0.1, 0.15) is 39.5 Å². The van der Waals surface area contributed by atoms with Crippen molar-refractivity contribution in [3.05, 3.63) is 0 Å². The maximum Gasteiger partial charge on any atom is 0.0710 e. The first-order chi connectivity index (χ1) is 7.59. The average Bonchev–Trinajstić information content (AvgIpc) is 2.58. The Hall–Kier alpha value is -0.120. The Kier molecular flexibility index (Phi) is 3.88. The minimum absolute atomic E-state index is 0.105. The van der Waals surface area contributed by atoms with Crippen LogP contribution in [0.3, 0.4) is 0 Å². The van der Waals surface area contributed by atoms with Crippen LogP contribution in [0.15, 0.2) is 0 Å². The predicted molar refractivity (Wildman–Crippen MR) is 66.4 cm³/mol. The summed E-state index contributed by atoms with van der Waals surface area (Å²) in [7, 11) is 0. The molecule has 0 amide bonds. The van der Waals surface area contributed by atoms with E-state index >= 15 is 0 Å². The van der Waals surface area contributed by atoms with Crippen LogP contribution >= 0.6 is 0 Å². The molecule has 2 heterocycles. The van der Waals surface area contributed by atoms with Gasteiger partial charge in [-0.1, -0.05) is 0 Å². The van der Waals surface area contributed by atoms with E-state index in [1.165, 1.54) is 38.8 Å². The lowest BCUT2D eigenvalue weighted by molar-refractivity contribution is -0.0327. The molecule has 2 fully saturated rings. The molecule has 2 aliphatic heterocycles. The van der Waals surface area contributed by atoms with Crippen molar-refractivity contribution in [3.63, 3.8) is 0 Å². The molecule has 0 bridgehead atoms. The fraction of sp³-hybridized carbons (Fsp3) is 1.00. The first kappa shape index (κ1) is 12.3. The van der Waals surface area contributed by atoms with Gasteiger partial charge in [-0.15, -0.1) is 0 Å². The van der Waals surface area contributed by atoms with Crippen LogP contribution in [0.4, 0.5) is 0 Å². The summed E-state index contributed by atoms with van der Waals surface area (Å²) in [6.45, 7) is 8.76. The zero-order valence-corrected chi connectivity index (χ0v) is 10.7. The average molecular weight is 226 g/mol. The molecule has 2 rings (SSSR count). The number of likely N-dealkylation sites (tertiary alicyclic amines) is 1. The highest BCUT2D eigenvalue weighted by atomic mass is 16.5. The van der Waals surface area contributed by atoms with Crippen LogP contribution < -0.4 is 5.73 Å². The first-order valence-corrected chi connectivity index (χ1v) is 6.69. The maximum absolute atomic E-state index is 6.05. The zero-order chi connectivity index (χ0) is 11.6. The summed E-state index contributed by atoms with van der Waals surface area (Å²) in [5.41, 5.74) is 5.86. The Morgan fingerprint density at radius 1 is 1.38 bits per heavy atom. The van der Waals surface area contributed by atoms with Crippen LogP contribution in [0.5, 0.6) is 0 Å². The van der Waals surface area contributed by atoms with E-state index in [0.717, 1.165) is 13.1 Å². The Balaban J connectivity index is 1.77. The molecular weight excluding hydrogens is 200 g/mol. The number of rotatable bonds is 3. The summed E-state index contributed by atoms with van der Waals surface area (Å²) in [6, 6.07) is 0. The Bertz CT molecular complexity index is 230. The molecule has 0 saturated carbocycles. The third-order valence-corrected chi connectivity index (χ3v) is 3.95. The van der Waals surface area contributed by atoms with Crippen molar-refractivity contribution in [2.75, 3.05) is 26.2 Å². The fourth-order valence-corrected chi connectivity index (χ4v) is 3.00. The van der Waals surface area contributed by atoms with Gasteiger partial charge in [-0.3, -0.25) is 0 Å². The molecule has 94 valence electrons. The smallest absolute Gasteiger partial charge is 0.0710 e. The lowest BCUT2D eigenvalue weighted by Gasteiger charge is -2.34. The molecule has 2 N–H and O–H groups in total. The van der Waals surface area contributed by atoms with Crippen LogP contribution in [-0.2, 0) is 4.74 Å². The second-order valence-corrected chi connectivity index (χ2v) is 6.04. The molecule has 0 aromatic heterocycles. The standard InChI is InChI=1S/C13H26N2O/c1-13(2)6-5-12(16-13)10-15-7-3-4-11(8-14)9-15/h11-12H,3-10,14H2,1-2H3. The van der Waals surface area contributed by atoms with Crippen molar-refractivity contribution < 1.29 is 4.74 Å². The number of hydrogen-bond donors (Lipinski definition) is 1. The molecule has 0 aromatic carbocycles. The summed E-state index contributed by atoms with van der Waals surface area (Å²) in [6.07, 6.45) is 5.48. The minimum Gasteiger partial charge on any atom is -0.371 e. The summed E-state index contributed by atoms with van der Waals surface area (Å²) in [5, 5.41) is 0. The Morgan fingerprint density at radius 2 is 2.19 bits per heavy atom. The molecule has 3 heteroatoms. The van der Waals surface area contributed by atoms with Crippen molar-refractivity contribution in [2.45, 2.75) is 51.2 Å². The summed E-state index contributed by atoms with van der Waals surface area (Å²) in [5.74, 6) is 0.711. The first-order valence-electron chi connectivity index (χ1n) is 6.69. The molecule has 2 aliphatic rings. The van der Waals surface area contributed by atoms with Gasteiger partial charge in [0.05, 0.1) is 11.7 Å². The molecular formula is C13H26N2O. The predicted octanol–water partition coefficient (Wildman–Crippen LogP) is 1.61. The second kappa shape index (κ2) is 5.03. The summed E-state index contributed by atoms with van der Waals surface area (Å²) < 4.78 is 6.05. The highest BCUT2D eigenvalue weighted by Crippen LogP contribution is 2.30. The van der Waals surface area contributed by atoms with Crippen LogP contribution in [0.25, 0.3) is 0 Å². The molecule has 3 nitrogen and oxygen atoms in total. The van der Waals surface area contributed by atoms with Crippen LogP contribution in [0.2, 0.25) is 0 Å². The van der Waals surface area contributed by atoms with Gasteiger partial charge in [-0.2, -0.15) is 0 Å². The highest BCUT2D eigenvalue weighted by Gasteiger charge is 2.33. The Labute approximate surface area is 99.3 Å². The molecule has 0 aromatic rings. The van der Waals surface area contributed by atoms with Gasteiger partial charge in [-0.25, -0.2) is 0 Å². The van der Waals surface area contributed by atoms with Crippen molar-refractivity contribution in [2.24, 2.45) is 11.7 Å².